The lowest BCUT2D eigenvalue weighted by Gasteiger charge is -2.56. The molecule has 1 aromatic rings. The molecule has 4 nitrogen and oxygen atoms in total. The number of nitriles is 1. The van der Waals surface area contributed by atoms with E-state index in [1.54, 1.807) is 0 Å². The molecule has 4 aliphatic carbocycles. The molecular weight excluding hydrogens is 226 g/mol. The first-order valence-electron chi connectivity index (χ1n) is 6.86. The van der Waals surface area contributed by atoms with Crippen LogP contribution in [0, 0.1) is 29.1 Å². The summed E-state index contributed by atoms with van der Waals surface area (Å²) in [5.41, 5.74) is 7.18. The zero-order valence-electron chi connectivity index (χ0n) is 10.4. The normalized spacial score (nSPS) is 40.9. The van der Waals surface area contributed by atoms with Gasteiger partial charge in [-0.25, -0.2) is 0 Å². The number of hydrogen-bond acceptors (Lipinski definition) is 4. The van der Waals surface area contributed by atoms with Crippen LogP contribution in [0.5, 0.6) is 0 Å². The fourth-order valence-corrected chi connectivity index (χ4v) is 5.17. The number of anilines is 1. The summed E-state index contributed by atoms with van der Waals surface area (Å²) in [6.45, 7) is 0. The fraction of sp³-hybridized carbons (Fsp3) is 0.714. The highest BCUT2D eigenvalue weighted by molar-refractivity contribution is 5.51. The van der Waals surface area contributed by atoms with E-state index in [1.165, 1.54) is 38.5 Å². The Labute approximate surface area is 106 Å². The summed E-state index contributed by atoms with van der Waals surface area (Å²) >= 11 is 0. The number of nitrogens with zero attached hydrogens (tertiary/aromatic N) is 2. The zero-order valence-corrected chi connectivity index (χ0v) is 10.4. The lowest BCUT2D eigenvalue weighted by atomic mass is 9.48. The predicted molar refractivity (Wildman–Crippen MR) is 65.5 cm³/mol. The summed E-state index contributed by atoms with van der Waals surface area (Å²) in [7, 11) is 0. The molecular formula is C14H17N3O. The number of hydrogen-bond donors (Lipinski definition) is 1. The minimum absolute atomic E-state index is 0.0981. The maximum Gasteiger partial charge on any atom is 0.240 e. The van der Waals surface area contributed by atoms with E-state index in [0.717, 1.165) is 23.4 Å². The molecule has 2 N–H and O–H groups in total. The van der Waals surface area contributed by atoms with Crippen LogP contribution in [0.3, 0.4) is 0 Å². The van der Waals surface area contributed by atoms with Crippen LogP contribution in [0.1, 0.15) is 49.8 Å². The lowest BCUT2D eigenvalue weighted by molar-refractivity contribution is -0.00855. The molecule has 0 unspecified atom stereocenters. The van der Waals surface area contributed by atoms with Gasteiger partial charge >= 0.3 is 0 Å². The molecule has 0 saturated heterocycles. The van der Waals surface area contributed by atoms with Crippen LogP contribution >= 0.6 is 0 Å². The minimum atomic E-state index is 0.0981. The van der Waals surface area contributed by atoms with E-state index in [2.05, 4.69) is 11.2 Å². The van der Waals surface area contributed by atoms with Crippen molar-refractivity contribution < 1.29 is 4.52 Å². The number of rotatable bonds is 1. The van der Waals surface area contributed by atoms with Crippen LogP contribution in [0.15, 0.2) is 4.52 Å². The molecule has 1 aromatic heterocycles. The summed E-state index contributed by atoms with van der Waals surface area (Å²) in [6, 6.07) is 2.19. The van der Waals surface area contributed by atoms with Crippen LogP contribution in [-0.4, -0.2) is 5.16 Å². The van der Waals surface area contributed by atoms with E-state index in [-0.39, 0.29) is 11.3 Å². The van der Waals surface area contributed by atoms with Gasteiger partial charge in [0, 0.05) is 5.41 Å². The molecule has 18 heavy (non-hydrogen) atoms. The van der Waals surface area contributed by atoms with Gasteiger partial charge in [-0.2, -0.15) is 5.26 Å². The van der Waals surface area contributed by atoms with Crippen molar-refractivity contribution in [2.75, 3.05) is 5.73 Å². The first-order valence-corrected chi connectivity index (χ1v) is 6.86. The number of nitrogens with two attached hydrogens (primary N) is 1. The van der Waals surface area contributed by atoms with Crippen molar-refractivity contribution >= 4 is 5.88 Å². The fourth-order valence-electron chi connectivity index (χ4n) is 5.17. The van der Waals surface area contributed by atoms with Crippen molar-refractivity contribution in [1.82, 2.24) is 5.16 Å². The molecule has 0 spiro atoms. The van der Waals surface area contributed by atoms with E-state index in [9.17, 15) is 5.26 Å². The van der Waals surface area contributed by atoms with Crippen molar-refractivity contribution in [1.29, 1.82) is 5.26 Å². The highest BCUT2D eigenvalue weighted by Gasteiger charge is 2.54. The largest absolute Gasteiger partial charge is 0.366 e. The summed E-state index contributed by atoms with van der Waals surface area (Å²) in [5, 5.41) is 13.4. The molecule has 0 atom stereocenters. The Balaban J connectivity index is 1.82. The van der Waals surface area contributed by atoms with E-state index < -0.39 is 0 Å². The van der Waals surface area contributed by atoms with E-state index in [4.69, 9.17) is 10.3 Å². The highest BCUT2D eigenvalue weighted by atomic mass is 16.5. The van der Waals surface area contributed by atoms with Crippen molar-refractivity contribution in [2.45, 2.75) is 43.9 Å². The minimum Gasteiger partial charge on any atom is -0.366 e. The second-order valence-electron chi connectivity index (χ2n) is 6.58. The number of aromatic nitrogens is 1. The Morgan fingerprint density at radius 3 is 2.22 bits per heavy atom. The van der Waals surface area contributed by atoms with E-state index in [1.807, 2.05) is 0 Å². The summed E-state index contributed by atoms with van der Waals surface area (Å²) in [4.78, 5) is 0. The third-order valence-corrected chi connectivity index (χ3v) is 5.37. The highest BCUT2D eigenvalue weighted by Crippen LogP contribution is 2.61. The van der Waals surface area contributed by atoms with Crippen LogP contribution < -0.4 is 5.73 Å². The first kappa shape index (κ1) is 10.4. The quantitative estimate of drug-likeness (QED) is 0.822. The van der Waals surface area contributed by atoms with Crippen molar-refractivity contribution in [3.8, 4) is 6.07 Å². The van der Waals surface area contributed by atoms with Gasteiger partial charge in [-0.3, -0.25) is 0 Å². The third-order valence-electron chi connectivity index (χ3n) is 5.37. The molecule has 4 heteroatoms. The van der Waals surface area contributed by atoms with Gasteiger partial charge in [-0.15, -0.1) is 0 Å². The maximum atomic E-state index is 9.26. The van der Waals surface area contributed by atoms with E-state index >= 15 is 0 Å². The monoisotopic (exact) mass is 243 g/mol. The average molecular weight is 243 g/mol. The van der Waals surface area contributed by atoms with Gasteiger partial charge in [-0.05, 0) is 56.3 Å². The van der Waals surface area contributed by atoms with Crippen LogP contribution in [0.25, 0.3) is 0 Å². The topological polar surface area (TPSA) is 75.8 Å². The maximum absolute atomic E-state index is 9.26. The Bertz CT molecular complexity index is 504. The number of nitrogen functional groups attached to an aromatic ring is 1. The first-order chi connectivity index (χ1) is 8.70. The molecule has 1 heterocycles. The van der Waals surface area contributed by atoms with Gasteiger partial charge in [-0.1, -0.05) is 5.16 Å². The van der Waals surface area contributed by atoms with Crippen molar-refractivity contribution in [3.05, 3.63) is 11.3 Å². The molecule has 4 aliphatic rings. The molecule has 94 valence electrons. The molecule has 4 fully saturated rings. The van der Waals surface area contributed by atoms with Gasteiger partial charge in [0.1, 0.15) is 17.3 Å². The third kappa shape index (κ3) is 1.22. The SMILES string of the molecule is N#Cc1c(C23CC4CC(CC(C4)C2)C3)noc1N. The molecule has 4 bridgehead atoms. The van der Waals surface area contributed by atoms with Gasteiger partial charge in [0.2, 0.25) is 5.88 Å². The van der Waals surface area contributed by atoms with Gasteiger partial charge in [0.15, 0.2) is 0 Å². The van der Waals surface area contributed by atoms with Crippen molar-refractivity contribution in [2.24, 2.45) is 17.8 Å². The lowest BCUT2D eigenvalue weighted by Crippen LogP contribution is -2.49. The standard InChI is InChI=1S/C14H17N3O/c15-7-11-12(17-18-13(11)16)14-4-8-1-9(5-14)3-10(2-8)6-14/h8-10H,1-6,16H2. The van der Waals surface area contributed by atoms with Gasteiger partial charge < -0.3 is 10.3 Å². The summed E-state index contributed by atoms with van der Waals surface area (Å²) in [5.74, 6) is 2.70. The molecule has 4 saturated carbocycles. The van der Waals surface area contributed by atoms with Crippen LogP contribution in [-0.2, 0) is 5.41 Å². The van der Waals surface area contributed by atoms with Gasteiger partial charge in [0.25, 0.3) is 0 Å². The second-order valence-corrected chi connectivity index (χ2v) is 6.58. The predicted octanol–water partition coefficient (Wildman–Crippen LogP) is 2.60. The Morgan fingerprint density at radius 2 is 1.72 bits per heavy atom. The van der Waals surface area contributed by atoms with Crippen molar-refractivity contribution in [3.63, 3.8) is 0 Å². The summed E-state index contributed by atoms with van der Waals surface area (Å²) in [6.07, 6.45) is 7.69. The molecule has 0 radical (unpaired) electrons. The molecule has 0 amide bonds. The smallest absolute Gasteiger partial charge is 0.240 e. The molecule has 5 rings (SSSR count). The molecule has 0 aliphatic heterocycles. The Morgan fingerprint density at radius 1 is 1.17 bits per heavy atom. The van der Waals surface area contributed by atoms with Gasteiger partial charge in [0.05, 0.1) is 0 Å². The van der Waals surface area contributed by atoms with Crippen LogP contribution in [0.4, 0.5) is 5.88 Å². The molecule has 0 aromatic carbocycles. The summed E-state index contributed by atoms with van der Waals surface area (Å²) < 4.78 is 5.08. The zero-order chi connectivity index (χ0) is 12.3. The van der Waals surface area contributed by atoms with Crippen LogP contribution in [0.2, 0.25) is 0 Å². The Hall–Kier alpha value is -1.50. The second kappa shape index (κ2) is 3.28. The Kier molecular flexibility index (Phi) is 1.90. The van der Waals surface area contributed by atoms with E-state index in [0.29, 0.717) is 5.56 Å². The average Bonchev–Trinajstić information content (AvgIpc) is 2.69.